The first-order chi connectivity index (χ1) is 13.1. The number of hydrogen-bond donors (Lipinski definition) is 2. The van der Waals surface area contributed by atoms with Gasteiger partial charge in [-0.25, -0.2) is 14.2 Å². The van der Waals surface area contributed by atoms with Crippen LogP contribution >= 0.6 is 12.2 Å². The van der Waals surface area contributed by atoms with Crippen molar-refractivity contribution in [1.29, 1.82) is 0 Å². The van der Waals surface area contributed by atoms with Gasteiger partial charge in [-0.1, -0.05) is 12.1 Å². The van der Waals surface area contributed by atoms with Crippen LogP contribution in [0.3, 0.4) is 0 Å². The van der Waals surface area contributed by atoms with Crippen molar-refractivity contribution in [3.8, 4) is 28.6 Å². The van der Waals surface area contributed by atoms with Gasteiger partial charge in [-0.15, -0.1) is 0 Å². The number of H-pyrrole nitrogens is 1. The largest absolute Gasteiger partial charge is 0.493 e. The Morgan fingerprint density at radius 2 is 1.81 bits per heavy atom. The van der Waals surface area contributed by atoms with Gasteiger partial charge in [0.15, 0.2) is 17.3 Å². The molecule has 0 bridgehead atoms. The van der Waals surface area contributed by atoms with Crippen LogP contribution in [0.15, 0.2) is 36.4 Å². The first-order valence-electron chi connectivity index (χ1n) is 8.03. The second kappa shape index (κ2) is 8.09. The highest BCUT2D eigenvalue weighted by molar-refractivity contribution is 7.71. The summed E-state index contributed by atoms with van der Waals surface area (Å²) in [6, 6.07) is 9.86. The zero-order valence-electron chi connectivity index (χ0n) is 15.1. The summed E-state index contributed by atoms with van der Waals surface area (Å²) in [7, 11) is 4.62. The number of rotatable bonds is 7. The molecule has 9 heteroatoms. The van der Waals surface area contributed by atoms with Crippen LogP contribution in [-0.4, -0.2) is 36.2 Å². The van der Waals surface area contributed by atoms with Gasteiger partial charge >= 0.3 is 0 Å². The third-order valence-electron chi connectivity index (χ3n) is 3.93. The van der Waals surface area contributed by atoms with Gasteiger partial charge in [0, 0.05) is 5.56 Å². The molecule has 0 amide bonds. The smallest absolute Gasteiger partial charge is 0.214 e. The van der Waals surface area contributed by atoms with Crippen molar-refractivity contribution in [3.05, 3.63) is 52.5 Å². The molecule has 7 nitrogen and oxygen atoms in total. The summed E-state index contributed by atoms with van der Waals surface area (Å²) < 4.78 is 31.5. The molecule has 1 aromatic heterocycles. The average molecular weight is 390 g/mol. The molecule has 1 heterocycles. The molecule has 0 saturated carbocycles. The molecule has 2 aromatic carbocycles. The summed E-state index contributed by atoms with van der Waals surface area (Å²) in [6.07, 6.45) is 0. The minimum atomic E-state index is -0.296. The second-order valence-corrected chi connectivity index (χ2v) is 5.95. The Hall–Kier alpha value is -3.07. The normalized spacial score (nSPS) is 10.5. The highest BCUT2D eigenvalue weighted by atomic mass is 32.1. The number of benzene rings is 2. The van der Waals surface area contributed by atoms with Crippen molar-refractivity contribution in [1.82, 2.24) is 14.9 Å². The fraction of sp³-hybridized carbons (Fsp3) is 0.222. The summed E-state index contributed by atoms with van der Waals surface area (Å²) >= 11 is 5.31. The minimum absolute atomic E-state index is 0.296. The maximum absolute atomic E-state index is 13.4. The van der Waals surface area contributed by atoms with Crippen molar-refractivity contribution in [2.24, 2.45) is 0 Å². The van der Waals surface area contributed by atoms with Gasteiger partial charge in [0.2, 0.25) is 10.5 Å². The predicted octanol–water partition coefficient (Wildman–Crippen LogP) is 3.52. The molecule has 0 aliphatic rings. The Kier molecular flexibility index (Phi) is 5.60. The highest BCUT2D eigenvalue weighted by Crippen LogP contribution is 2.40. The molecule has 0 unspecified atom stereocenters. The number of aromatic nitrogens is 3. The maximum atomic E-state index is 13.4. The third-order valence-corrected chi connectivity index (χ3v) is 4.20. The Balaban J connectivity index is 1.98. The Labute approximate surface area is 160 Å². The van der Waals surface area contributed by atoms with Crippen molar-refractivity contribution in [2.75, 3.05) is 26.8 Å². The van der Waals surface area contributed by atoms with E-state index in [0.717, 1.165) is 5.56 Å². The van der Waals surface area contributed by atoms with E-state index in [-0.39, 0.29) is 5.82 Å². The number of nitrogens with zero attached hydrogens (tertiary/aromatic N) is 2. The van der Waals surface area contributed by atoms with Crippen LogP contribution in [0.25, 0.3) is 11.4 Å². The monoisotopic (exact) mass is 390 g/mol. The van der Waals surface area contributed by atoms with E-state index in [2.05, 4.69) is 15.6 Å². The van der Waals surface area contributed by atoms with E-state index in [9.17, 15) is 4.39 Å². The van der Waals surface area contributed by atoms with Gasteiger partial charge in [-0.05, 0) is 42.0 Å². The lowest BCUT2D eigenvalue weighted by atomic mass is 10.1. The lowest BCUT2D eigenvalue weighted by Gasteiger charge is -2.15. The summed E-state index contributed by atoms with van der Waals surface area (Å²) in [5, 5.41) is 7.03. The molecule has 0 aliphatic heterocycles. The van der Waals surface area contributed by atoms with Crippen LogP contribution in [0.5, 0.6) is 17.2 Å². The van der Waals surface area contributed by atoms with E-state index < -0.39 is 0 Å². The van der Waals surface area contributed by atoms with Crippen LogP contribution in [0, 0.1) is 10.6 Å². The summed E-state index contributed by atoms with van der Waals surface area (Å²) in [5.74, 6) is 1.71. The number of methoxy groups -OCH3 is 3. The molecule has 2 N–H and O–H groups in total. The number of aromatic amines is 1. The number of halogens is 1. The number of hydrogen-bond acceptors (Lipinski definition) is 6. The molecule has 142 valence electrons. The summed E-state index contributed by atoms with van der Waals surface area (Å²) in [6.45, 7) is 0.364. The van der Waals surface area contributed by atoms with E-state index in [0.29, 0.717) is 40.0 Å². The SMILES string of the molecule is COc1cc(-c2n[nH]c(=S)n2NCc2cccc(F)c2)cc(OC)c1OC. The van der Waals surface area contributed by atoms with Crippen molar-refractivity contribution in [2.45, 2.75) is 6.54 Å². The fourth-order valence-corrected chi connectivity index (χ4v) is 2.86. The molecule has 0 atom stereocenters. The van der Waals surface area contributed by atoms with Crippen LogP contribution in [0.2, 0.25) is 0 Å². The molecule has 0 spiro atoms. The van der Waals surface area contributed by atoms with Crippen molar-refractivity contribution < 1.29 is 18.6 Å². The highest BCUT2D eigenvalue weighted by Gasteiger charge is 2.17. The first kappa shape index (κ1) is 18.7. The molecule has 0 radical (unpaired) electrons. The summed E-state index contributed by atoms with van der Waals surface area (Å²) in [5.41, 5.74) is 4.62. The Morgan fingerprint density at radius 1 is 1.11 bits per heavy atom. The molecule has 0 saturated heterocycles. The van der Waals surface area contributed by atoms with E-state index in [4.69, 9.17) is 26.4 Å². The van der Waals surface area contributed by atoms with Crippen LogP contribution in [0.1, 0.15) is 5.56 Å². The van der Waals surface area contributed by atoms with Gasteiger partial charge in [0.1, 0.15) is 5.82 Å². The summed E-state index contributed by atoms with van der Waals surface area (Å²) in [4.78, 5) is 0. The van der Waals surface area contributed by atoms with Crippen molar-refractivity contribution >= 4 is 12.2 Å². The van der Waals surface area contributed by atoms with E-state index in [1.165, 1.54) is 19.2 Å². The standard InChI is InChI=1S/C18H19FN4O3S/c1-24-14-8-12(9-15(25-2)16(14)26-3)17-21-22-18(27)23(17)20-10-11-5-4-6-13(19)7-11/h4-9,20H,10H2,1-3H3,(H,22,27). The predicted molar refractivity (Wildman–Crippen MR) is 102 cm³/mol. The zero-order chi connectivity index (χ0) is 19.4. The van der Waals surface area contributed by atoms with Crippen molar-refractivity contribution in [3.63, 3.8) is 0 Å². The Bertz CT molecular complexity index is 977. The molecule has 0 fully saturated rings. The average Bonchev–Trinajstić information content (AvgIpc) is 3.05. The molecule has 3 rings (SSSR count). The molecule has 27 heavy (non-hydrogen) atoms. The number of nitrogens with one attached hydrogen (secondary N) is 2. The molecule has 3 aromatic rings. The first-order valence-corrected chi connectivity index (χ1v) is 8.44. The zero-order valence-corrected chi connectivity index (χ0v) is 15.9. The maximum Gasteiger partial charge on any atom is 0.214 e. The quantitative estimate of drug-likeness (QED) is 0.602. The third kappa shape index (κ3) is 3.87. The van der Waals surface area contributed by atoms with Gasteiger partial charge in [0.25, 0.3) is 0 Å². The molecular formula is C18H19FN4O3S. The second-order valence-electron chi connectivity index (χ2n) is 5.57. The van der Waals surface area contributed by atoms with Gasteiger partial charge < -0.3 is 19.6 Å². The Morgan fingerprint density at radius 3 is 2.41 bits per heavy atom. The minimum Gasteiger partial charge on any atom is -0.493 e. The van der Waals surface area contributed by atoms with Gasteiger partial charge in [-0.3, -0.25) is 0 Å². The molecule has 0 aliphatic carbocycles. The lowest BCUT2D eigenvalue weighted by molar-refractivity contribution is 0.324. The van der Waals surface area contributed by atoms with Gasteiger partial charge in [-0.2, -0.15) is 5.10 Å². The van der Waals surface area contributed by atoms with E-state index >= 15 is 0 Å². The van der Waals surface area contributed by atoms with E-state index in [1.54, 1.807) is 37.1 Å². The van der Waals surface area contributed by atoms with Crippen LogP contribution < -0.4 is 19.6 Å². The number of ether oxygens (including phenoxy) is 3. The fourth-order valence-electron chi connectivity index (χ4n) is 2.66. The topological polar surface area (TPSA) is 73.3 Å². The molecular weight excluding hydrogens is 371 g/mol. The van der Waals surface area contributed by atoms with E-state index in [1.807, 2.05) is 6.07 Å². The lowest BCUT2D eigenvalue weighted by Crippen LogP contribution is -2.16. The van der Waals surface area contributed by atoms with Gasteiger partial charge in [0.05, 0.1) is 27.9 Å². The van der Waals surface area contributed by atoms with Crippen LogP contribution in [0.4, 0.5) is 4.39 Å². The van der Waals surface area contributed by atoms with Crippen LogP contribution in [-0.2, 0) is 6.54 Å².